The summed E-state index contributed by atoms with van der Waals surface area (Å²) in [6, 6.07) is 8.09. The highest BCUT2D eigenvalue weighted by Gasteiger charge is 2.56. The van der Waals surface area contributed by atoms with E-state index in [0.717, 1.165) is 0 Å². The largest absolute Gasteiger partial charge is 0.503 e. The van der Waals surface area contributed by atoms with Gasteiger partial charge in [0.25, 0.3) is 5.88 Å². The fourth-order valence-corrected chi connectivity index (χ4v) is 2.35. The van der Waals surface area contributed by atoms with E-state index in [2.05, 4.69) is 10.2 Å². The third kappa shape index (κ3) is 2.51. The molecule has 1 heterocycles. The lowest BCUT2D eigenvalue weighted by Gasteiger charge is -2.10. The fraction of sp³-hybridized carbons (Fsp3) is 0.231. The number of aromatic hydroxyl groups is 1. The van der Waals surface area contributed by atoms with Gasteiger partial charge in [-0.25, -0.2) is 4.39 Å². The number of aromatic nitrogens is 2. The van der Waals surface area contributed by atoms with Gasteiger partial charge in [0.05, 0.1) is 0 Å². The van der Waals surface area contributed by atoms with Crippen molar-refractivity contribution in [2.45, 2.75) is 17.5 Å². The van der Waals surface area contributed by atoms with Crippen LogP contribution in [0.2, 0.25) is 5.15 Å². The molecule has 2 aromatic rings. The van der Waals surface area contributed by atoms with Crippen molar-refractivity contribution in [2.24, 2.45) is 0 Å². The summed E-state index contributed by atoms with van der Waals surface area (Å²) >= 11 is 11.2. The van der Waals surface area contributed by atoms with Crippen LogP contribution in [0.1, 0.15) is 17.9 Å². The van der Waals surface area contributed by atoms with Gasteiger partial charge in [-0.3, -0.25) is 0 Å². The Kier molecular flexibility index (Phi) is 3.18. The predicted molar refractivity (Wildman–Crippen MR) is 72.3 cm³/mol. The first-order chi connectivity index (χ1) is 9.47. The van der Waals surface area contributed by atoms with Crippen LogP contribution >= 0.6 is 23.2 Å². The van der Waals surface area contributed by atoms with Crippen LogP contribution < -0.4 is 4.74 Å². The minimum atomic E-state index is -1.73. The second-order valence-electron chi connectivity index (χ2n) is 4.52. The highest BCUT2D eigenvalue weighted by Crippen LogP contribution is 2.59. The molecular weight excluding hydrogens is 306 g/mol. The molecule has 2 unspecified atom stereocenters. The van der Waals surface area contributed by atoms with Gasteiger partial charge >= 0.3 is 0 Å². The average Bonchev–Trinajstić information content (AvgIpc) is 3.02. The molecule has 1 aromatic heterocycles. The average molecular weight is 315 g/mol. The molecule has 1 aliphatic carbocycles. The third-order valence-corrected chi connectivity index (χ3v) is 3.64. The van der Waals surface area contributed by atoms with Gasteiger partial charge in [0.15, 0.2) is 16.0 Å². The van der Waals surface area contributed by atoms with Crippen molar-refractivity contribution in [1.82, 2.24) is 10.2 Å². The van der Waals surface area contributed by atoms with Crippen molar-refractivity contribution in [2.75, 3.05) is 0 Å². The SMILES string of the molecule is Oc1cc(Cl)nnc1Oc1ccccc1C1CC1(F)Cl. The molecule has 2 atom stereocenters. The highest BCUT2D eigenvalue weighted by molar-refractivity contribution is 6.29. The number of alkyl halides is 2. The van der Waals surface area contributed by atoms with Crippen molar-refractivity contribution in [3.8, 4) is 17.4 Å². The molecule has 1 fully saturated rings. The summed E-state index contributed by atoms with van der Waals surface area (Å²) in [5.74, 6) is -0.387. The summed E-state index contributed by atoms with van der Waals surface area (Å²) in [4.78, 5) is 0. The molecule has 0 bridgehead atoms. The van der Waals surface area contributed by atoms with Gasteiger partial charge in [-0.15, -0.1) is 10.2 Å². The Bertz CT molecular complexity index is 667. The molecule has 0 amide bonds. The molecule has 7 heteroatoms. The van der Waals surface area contributed by atoms with E-state index in [1.54, 1.807) is 24.3 Å². The summed E-state index contributed by atoms with van der Waals surface area (Å²) in [6.45, 7) is 0. The Morgan fingerprint density at radius 2 is 2.05 bits per heavy atom. The molecule has 0 saturated heterocycles. The molecule has 104 valence electrons. The van der Waals surface area contributed by atoms with Crippen molar-refractivity contribution >= 4 is 23.2 Å². The van der Waals surface area contributed by atoms with Crippen molar-refractivity contribution in [3.05, 3.63) is 41.0 Å². The lowest BCUT2D eigenvalue weighted by atomic mass is 10.1. The lowest BCUT2D eigenvalue weighted by Crippen LogP contribution is -1.97. The van der Waals surface area contributed by atoms with E-state index in [1.165, 1.54) is 6.07 Å². The number of hydrogen-bond acceptors (Lipinski definition) is 4. The zero-order valence-corrected chi connectivity index (χ0v) is 11.6. The maximum Gasteiger partial charge on any atom is 0.281 e. The van der Waals surface area contributed by atoms with Gasteiger partial charge in [0.2, 0.25) is 0 Å². The van der Waals surface area contributed by atoms with E-state index in [4.69, 9.17) is 27.9 Å². The Labute approximate surface area is 124 Å². The van der Waals surface area contributed by atoms with Crippen molar-refractivity contribution in [1.29, 1.82) is 0 Å². The highest BCUT2D eigenvalue weighted by atomic mass is 35.5. The second kappa shape index (κ2) is 4.75. The van der Waals surface area contributed by atoms with Crippen LogP contribution in [0.25, 0.3) is 0 Å². The Morgan fingerprint density at radius 1 is 1.35 bits per heavy atom. The van der Waals surface area contributed by atoms with E-state index in [1.807, 2.05) is 0 Å². The predicted octanol–water partition coefficient (Wildman–Crippen LogP) is 4.02. The zero-order chi connectivity index (χ0) is 14.3. The fourth-order valence-electron chi connectivity index (χ4n) is 1.94. The summed E-state index contributed by atoms with van der Waals surface area (Å²) in [7, 11) is 0. The Hall–Kier alpha value is -1.59. The molecule has 3 rings (SSSR count). The Balaban J connectivity index is 1.91. The number of para-hydroxylation sites is 1. The van der Waals surface area contributed by atoms with E-state index < -0.39 is 11.0 Å². The van der Waals surface area contributed by atoms with Gasteiger partial charge in [-0.05, 0) is 6.07 Å². The topological polar surface area (TPSA) is 55.2 Å². The first-order valence-corrected chi connectivity index (χ1v) is 6.60. The molecule has 1 N–H and O–H groups in total. The number of ether oxygens (including phenoxy) is 1. The molecule has 0 radical (unpaired) electrons. The van der Waals surface area contributed by atoms with E-state index in [0.29, 0.717) is 11.3 Å². The van der Waals surface area contributed by atoms with Crippen molar-refractivity contribution in [3.63, 3.8) is 0 Å². The van der Waals surface area contributed by atoms with Crippen LogP contribution in [-0.4, -0.2) is 20.4 Å². The second-order valence-corrected chi connectivity index (χ2v) is 5.53. The molecule has 20 heavy (non-hydrogen) atoms. The van der Waals surface area contributed by atoms with Gasteiger partial charge in [-0.2, -0.15) is 0 Å². The lowest BCUT2D eigenvalue weighted by molar-refractivity contribution is 0.384. The quantitative estimate of drug-likeness (QED) is 0.869. The summed E-state index contributed by atoms with van der Waals surface area (Å²) < 4.78 is 19.1. The minimum absolute atomic E-state index is 0.0499. The molecular formula is C13H9Cl2FN2O2. The number of benzene rings is 1. The first-order valence-electron chi connectivity index (χ1n) is 5.84. The van der Waals surface area contributed by atoms with Crippen LogP contribution in [-0.2, 0) is 0 Å². The van der Waals surface area contributed by atoms with Crippen molar-refractivity contribution < 1.29 is 14.2 Å². The van der Waals surface area contributed by atoms with Crippen LogP contribution in [0.5, 0.6) is 17.4 Å². The molecule has 4 nitrogen and oxygen atoms in total. The maximum atomic E-state index is 13.6. The van der Waals surface area contributed by atoms with Gasteiger partial charge in [-0.1, -0.05) is 41.4 Å². The van der Waals surface area contributed by atoms with Gasteiger partial charge in [0, 0.05) is 24.0 Å². The van der Waals surface area contributed by atoms with Gasteiger partial charge < -0.3 is 9.84 Å². The third-order valence-electron chi connectivity index (χ3n) is 3.04. The van der Waals surface area contributed by atoms with E-state index >= 15 is 0 Å². The van der Waals surface area contributed by atoms with Crippen LogP contribution in [0.3, 0.4) is 0 Å². The summed E-state index contributed by atoms with van der Waals surface area (Å²) in [5, 5.41) is 15.2. The molecule has 1 saturated carbocycles. The van der Waals surface area contributed by atoms with Crippen LogP contribution in [0.15, 0.2) is 30.3 Å². The molecule has 0 aliphatic heterocycles. The summed E-state index contributed by atoms with van der Waals surface area (Å²) in [5.41, 5.74) is 0.626. The number of hydrogen-bond donors (Lipinski definition) is 1. The zero-order valence-electron chi connectivity index (χ0n) is 10.1. The first kappa shape index (κ1) is 13.4. The number of rotatable bonds is 3. The standard InChI is InChI=1S/C13H9Cl2FN2O2/c14-11-5-9(19)12(18-17-11)20-10-4-2-1-3-7(10)8-6-13(8,15)16/h1-5,8H,6H2,(H,17,19). The molecule has 1 aromatic carbocycles. The number of nitrogens with zero attached hydrogens (tertiary/aromatic N) is 2. The normalized spacial score (nSPS) is 24.4. The maximum absolute atomic E-state index is 13.6. The van der Waals surface area contributed by atoms with E-state index in [9.17, 15) is 9.50 Å². The van der Waals surface area contributed by atoms with E-state index in [-0.39, 0.29) is 23.2 Å². The number of halogens is 3. The van der Waals surface area contributed by atoms with Crippen LogP contribution in [0, 0.1) is 0 Å². The monoisotopic (exact) mass is 314 g/mol. The van der Waals surface area contributed by atoms with Crippen LogP contribution in [0.4, 0.5) is 4.39 Å². The smallest absolute Gasteiger partial charge is 0.281 e. The minimum Gasteiger partial charge on any atom is -0.503 e. The molecule has 1 aliphatic rings. The van der Waals surface area contributed by atoms with Gasteiger partial charge in [0.1, 0.15) is 5.75 Å². The molecule has 0 spiro atoms. The Morgan fingerprint density at radius 3 is 2.70 bits per heavy atom. The summed E-state index contributed by atoms with van der Waals surface area (Å²) in [6.07, 6.45) is 0.229.